The number of anilines is 3. The van der Waals surface area contributed by atoms with Crippen molar-refractivity contribution < 1.29 is 19.6 Å². The Kier molecular flexibility index (Phi) is 4.84. The molecule has 1 heterocycles. The highest BCUT2D eigenvalue weighted by atomic mass is 16.6. The Balaban J connectivity index is 2.31. The van der Waals surface area contributed by atoms with Gasteiger partial charge >= 0.3 is 11.7 Å². The van der Waals surface area contributed by atoms with E-state index in [1.54, 1.807) is 0 Å². The van der Waals surface area contributed by atoms with E-state index in [2.05, 4.69) is 20.6 Å². The maximum absolute atomic E-state index is 11.3. The van der Waals surface area contributed by atoms with E-state index < -0.39 is 29.0 Å². The van der Waals surface area contributed by atoms with Crippen molar-refractivity contribution in [1.82, 2.24) is 9.97 Å². The third-order valence-electron chi connectivity index (χ3n) is 2.84. The lowest BCUT2D eigenvalue weighted by Crippen LogP contribution is -2.15. The first-order valence-electron chi connectivity index (χ1n) is 6.50. The van der Waals surface area contributed by atoms with Crippen LogP contribution < -0.4 is 16.4 Å². The Morgan fingerprint density at radius 2 is 1.83 bits per heavy atom. The molecule has 2 aromatic rings. The van der Waals surface area contributed by atoms with Crippen LogP contribution in [-0.4, -0.2) is 38.4 Å². The molecule has 0 atom stereocenters. The molecule has 5 N–H and O–H groups in total. The number of carboxylic acids is 1. The monoisotopic (exact) mass is 332 g/mol. The average Bonchev–Trinajstić information content (AvgIpc) is 2.53. The molecule has 0 aliphatic heterocycles. The first-order chi connectivity index (χ1) is 11.4. The number of amides is 1. The molecule has 11 nitrogen and oxygen atoms in total. The fourth-order valence-electron chi connectivity index (χ4n) is 1.79. The summed E-state index contributed by atoms with van der Waals surface area (Å²) in [5.41, 5.74) is 5.33. The number of nitro groups is 1. The lowest BCUT2D eigenvalue weighted by Gasteiger charge is -2.09. The first-order valence-corrected chi connectivity index (χ1v) is 6.50. The Morgan fingerprint density at radius 3 is 2.38 bits per heavy atom. The SMILES string of the molecule is NC(=O)c1ccc(Nc2ncnc(NCC(=O)O)c2[N+](=O)[O-])cc1. The molecule has 0 unspecified atom stereocenters. The number of rotatable bonds is 7. The highest BCUT2D eigenvalue weighted by molar-refractivity contribution is 5.93. The summed E-state index contributed by atoms with van der Waals surface area (Å²) in [4.78, 5) is 39.6. The maximum Gasteiger partial charge on any atom is 0.353 e. The Labute approximate surface area is 134 Å². The predicted octanol–water partition coefficient (Wildman–Crippen LogP) is 0.724. The highest BCUT2D eigenvalue weighted by Crippen LogP contribution is 2.30. The van der Waals surface area contributed by atoms with E-state index in [4.69, 9.17) is 10.8 Å². The van der Waals surface area contributed by atoms with Crippen LogP contribution in [0.25, 0.3) is 0 Å². The zero-order valence-electron chi connectivity index (χ0n) is 12.1. The number of aromatic nitrogens is 2. The van der Waals surface area contributed by atoms with Gasteiger partial charge in [-0.1, -0.05) is 0 Å². The minimum atomic E-state index is -1.19. The van der Waals surface area contributed by atoms with Crippen LogP contribution in [0, 0.1) is 10.1 Å². The number of hydrogen-bond donors (Lipinski definition) is 4. The largest absolute Gasteiger partial charge is 0.480 e. The third kappa shape index (κ3) is 3.91. The molecule has 0 saturated carbocycles. The van der Waals surface area contributed by atoms with E-state index in [9.17, 15) is 19.7 Å². The molecule has 1 aromatic carbocycles. The van der Waals surface area contributed by atoms with Crippen molar-refractivity contribution in [1.29, 1.82) is 0 Å². The molecule has 24 heavy (non-hydrogen) atoms. The smallest absolute Gasteiger partial charge is 0.353 e. The standard InChI is InChI=1S/C13H12N6O5/c14-11(22)7-1-3-8(4-2-7)18-13-10(19(23)24)12(16-6-17-13)15-5-9(20)21/h1-4,6H,5H2,(H2,14,22)(H,20,21)(H2,15,16,17,18). The number of nitrogens with one attached hydrogen (secondary N) is 2. The van der Waals surface area contributed by atoms with Crippen LogP contribution in [0.3, 0.4) is 0 Å². The summed E-state index contributed by atoms with van der Waals surface area (Å²) >= 11 is 0. The molecule has 0 spiro atoms. The van der Waals surface area contributed by atoms with Crippen molar-refractivity contribution in [3.05, 3.63) is 46.3 Å². The molecule has 0 radical (unpaired) electrons. The van der Waals surface area contributed by atoms with Gasteiger partial charge in [0.15, 0.2) is 0 Å². The van der Waals surface area contributed by atoms with Gasteiger partial charge in [-0.2, -0.15) is 0 Å². The van der Waals surface area contributed by atoms with E-state index in [-0.39, 0.29) is 17.2 Å². The number of benzene rings is 1. The number of carbonyl (C=O) groups excluding carboxylic acids is 1. The number of aliphatic carboxylic acids is 1. The van der Waals surface area contributed by atoms with Crippen LogP contribution >= 0.6 is 0 Å². The number of nitrogens with zero attached hydrogens (tertiary/aromatic N) is 3. The summed E-state index contributed by atoms with van der Waals surface area (Å²) in [6, 6.07) is 5.88. The molecule has 0 bridgehead atoms. The van der Waals surface area contributed by atoms with Crippen LogP contribution in [0.4, 0.5) is 23.0 Å². The lowest BCUT2D eigenvalue weighted by atomic mass is 10.2. The second-order valence-corrected chi connectivity index (χ2v) is 4.49. The van der Waals surface area contributed by atoms with Gasteiger partial charge in [0.25, 0.3) is 0 Å². The van der Waals surface area contributed by atoms with Gasteiger partial charge < -0.3 is 21.5 Å². The normalized spacial score (nSPS) is 10.0. The molecular weight excluding hydrogens is 320 g/mol. The maximum atomic E-state index is 11.3. The highest BCUT2D eigenvalue weighted by Gasteiger charge is 2.23. The van der Waals surface area contributed by atoms with Crippen LogP contribution in [0.1, 0.15) is 10.4 Å². The first kappa shape index (κ1) is 16.6. The molecule has 1 aromatic heterocycles. The molecule has 11 heteroatoms. The molecule has 0 saturated heterocycles. The second kappa shape index (κ2) is 7.00. The van der Waals surface area contributed by atoms with Gasteiger partial charge in [0.1, 0.15) is 12.9 Å². The number of carboxylic acid groups (broad SMARTS) is 1. The van der Waals surface area contributed by atoms with E-state index in [1.165, 1.54) is 24.3 Å². The summed E-state index contributed by atoms with van der Waals surface area (Å²) in [7, 11) is 0. The van der Waals surface area contributed by atoms with Gasteiger partial charge in [0.05, 0.1) is 4.92 Å². The number of nitrogens with two attached hydrogens (primary N) is 1. The number of primary amides is 1. The summed E-state index contributed by atoms with van der Waals surface area (Å²) in [5.74, 6) is -2.16. The van der Waals surface area contributed by atoms with Gasteiger partial charge in [-0.15, -0.1) is 0 Å². The van der Waals surface area contributed by atoms with E-state index in [0.717, 1.165) is 6.33 Å². The van der Waals surface area contributed by atoms with Crippen LogP contribution in [0.5, 0.6) is 0 Å². The van der Waals surface area contributed by atoms with Gasteiger partial charge in [-0.3, -0.25) is 19.7 Å². The van der Waals surface area contributed by atoms with Gasteiger partial charge in [0, 0.05) is 11.3 Å². The van der Waals surface area contributed by atoms with Crippen LogP contribution in [0.2, 0.25) is 0 Å². The zero-order valence-corrected chi connectivity index (χ0v) is 12.1. The number of hydrogen-bond acceptors (Lipinski definition) is 8. The summed E-state index contributed by atoms with van der Waals surface area (Å²) in [5, 5.41) is 25.0. The van der Waals surface area contributed by atoms with Crippen molar-refractivity contribution in [2.24, 2.45) is 5.73 Å². The van der Waals surface area contributed by atoms with E-state index in [0.29, 0.717) is 5.69 Å². The molecule has 0 aliphatic rings. The summed E-state index contributed by atoms with van der Waals surface area (Å²) in [6.45, 7) is -0.537. The summed E-state index contributed by atoms with van der Waals surface area (Å²) < 4.78 is 0. The minimum absolute atomic E-state index is 0.130. The second-order valence-electron chi connectivity index (χ2n) is 4.49. The van der Waals surface area contributed by atoms with Gasteiger partial charge in [-0.25, -0.2) is 9.97 Å². The quantitative estimate of drug-likeness (QED) is 0.420. The van der Waals surface area contributed by atoms with Gasteiger partial charge in [0.2, 0.25) is 17.5 Å². The Morgan fingerprint density at radius 1 is 1.21 bits per heavy atom. The lowest BCUT2D eigenvalue weighted by molar-refractivity contribution is -0.383. The molecule has 2 rings (SSSR count). The van der Waals surface area contributed by atoms with E-state index in [1.807, 2.05) is 0 Å². The van der Waals surface area contributed by atoms with Gasteiger partial charge in [-0.05, 0) is 24.3 Å². The van der Waals surface area contributed by atoms with Crippen LogP contribution in [0.15, 0.2) is 30.6 Å². The Hall–Kier alpha value is -3.76. The van der Waals surface area contributed by atoms with Crippen molar-refractivity contribution in [2.45, 2.75) is 0 Å². The van der Waals surface area contributed by atoms with E-state index >= 15 is 0 Å². The van der Waals surface area contributed by atoms with Crippen molar-refractivity contribution in [2.75, 3.05) is 17.2 Å². The predicted molar refractivity (Wildman–Crippen MR) is 83.1 cm³/mol. The fraction of sp³-hybridized carbons (Fsp3) is 0.0769. The summed E-state index contributed by atoms with van der Waals surface area (Å²) in [6.07, 6.45) is 1.05. The average molecular weight is 332 g/mol. The molecule has 0 fully saturated rings. The zero-order chi connectivity index (χ0) is 17.7. The minimum Gasteiger partial charge on any atom is -0.480 e. The third-order valence-corrected chi connectivity index (χ3v) is 2.84. The van der Waals surface area contributed by atoms with Crippen molar-refractivity contribution in [3.63, 3.8) is 0 Å². The molecule has 1 amide bonds. The van der Waals surface area contributed by atoms with Crippen molar-refractivity contribution in [3.8, 4) is 0 Å². The van der Waals surface area contributed by atoms with Crippen molar-refractivity contribution >= 4 is 34.9 Å². The Bertz CT molecular complexity index is 792. The molecule has 124 valence electrons. The molecule has 0 aliphatic carbocycles. The topological polar surface area (TPSA) is 173 Å². The fourth-order valence-corrected chi connectivity index (χ4v) is 1.79. The van der Waals surface area contributed by atoms with Crippen LogP contribution in [-0.2, 0) is 4.79 Å². The number of carbonyl (C=O) groups is 2. The molecular formula is C13H12N6O5.